The van der Waals surface area contributed by atoms with Gasteiger partial charge in [-0.25, -0.2) is 0 Å². The Hall–Kier alpha value is -0.530. The van der Waals surface area contributed by atoms with Crippen molar-refractivity contribution in [3.63, 3.8) is 0 Å². The molecule has 13 heavy (non-hydrogen) atoms. The van der Waals surface area contributed by atoms with Crippen LogP contribution in [-0.2, 0) is 4.79 Å². The molecular formula is C11H20O2. The molecule has 0 saturated heterocycles. The van der Waals surface area contributed by atoms with Gasteiger partial charge in [-0.1, -0.05) is 26.7 Å². The Kier molecular flexibility index (Phi) is 3.76. The molecule has 1 fully saturated rings. The van der Waals surface area contributed by atoms with Crippen LogP contribution in [0.15, 0.2) is 0 Å². The van der Waals surface area contributed by atoms with E-state index in [9.17, 15) is 4.79 Å². The van der Waals surface area contributed by atoms with Crippen molar-refractivity contribution < 1.29 is 9.90 Å². The van der Waals surface area contributed by atoms with Crippen LogP contribution >= 0.6 is 0 Å². The van der Waals surface area contributed by atoms with E-state index in [4.69, 9.17) is 5.11 Å². The van der Waals surface area contributed by atoms with Gasteiger partial charge in [0.2, 0.25) is 0 Å². The van der Waals surface area contributed by atoms with Crippen molar-refractivity contribution in [2.24, 2.45) is 17.8 Å². The maximum absolute atomic E-state index is 10.8. The standard InChI is InChI=1S/C11H20O2/c1-3-8-5-6-10(11(12)13)7-9(8)4-2/h8-10H,3-7H2,1-2H3,(H,12,13)/t8-,9+,10+/m1/s1. The average molecular weight is 184 g/mol. The number of hydrogen-bond acceptors (Lipinski definition) is 1. The summed E-state index contributed by atoms with van der Waals surface area (Å²) in [5.41, 5.74) is 0. The molecule has 0 aromatic carbocycles. The lowest BCUT2D eigenvalue weighted by molar-refractivity contribution is -0.143. The second kappa shape index (κ2) is 4.64. The van der Waals surface area contributed by atoms with Crippen LogP contribution in [0.1, 0.15) is 46.0 Å². The Morgan fingerprint density at radius 2 is 1.85 bits per heavy atom. The normalized spacial score (nSPS) is 34.5. The van der Waals surface area contributed by atoms with Crippen LogP contribution in [0.4, 0.5) is 0 Å². The van der Waals surface area contributed by atoms with Crippen molar-refractivity contribution in [2.45, 2.75) is 46.0 Å². The Balaban J connectivity index is 2.52. The zero-order chi connectivity index (χ0) is 9.84. The third kappa shape index (κ3) is 2.45. The predicted molar refractivity (Wildman–Crippen MR) is 52.5 cm³/mol. The average Bonchev–Trinajstić information content (AvgIpc) is 2.16. The highest BCUT2D eigenvalue weighted by molar-refractivity contribution is 5.70. The first-order valence-corrected chi connectivity index (χ1v) is 5.41. The van der Waals surface area contributed by atoms with E-state index in [0.717, 1.165) is 31.6 Å². The zero-order valence-electron chi connectivity index (χ0n) is 8.62. The summed E-state index contributed by atoms with van der Waals surface area (Å²) in [6.07, 6.45) is 5.27. The fourth-order valence-corrected chi connectivity index (χ4v) is 2.59. The van der Waals surface area contributed by atoms with Crippen LogP contribution < -0.4 is 0 Å². The second-order valence-electron chi connectivity index (χ2n) is 4.18. The van der Waals surface area contributed by atoms with E-state index in [0.29, 0.717) is 5.92 Å². The predicted octanol–water partition coefficient (Wildman–Crippen LogP) is 2.92. The van der Waals surface area contributed by atoms with Crippen LogP contribution in [0, 0.1) is 17.8 Å². The summed E-state index contributed by atoms with van der Waals surface area (Å²) >= 11 is 0. The maximum atomic E-state index is 10.8. The van der Waals surface area contributed by atoms with Crippen molar-refractivity contribution in [1.82, 2.24) is 0 Å². The SMILES string of the molecule is CC[C@@H]1CC[C@H](C(=O)O)C[C@@H]1CC. The van der Waals surface area contributed by atoms with E-state index in [2.05, 4.69) is 13.8 Å². The number of aliphatic carboxylic acids is 1. The molecule has 1 N–H and O–H groups in total. The van der Waals surface area contributed by atoms with Crippen LogP contribution in [0.2, 0.25) is 0 Å². The summed E-state index contributed by atoms with van der Waals surface area (Å²) in [5, 5.41) is 8.91. The van der Waals surface area contributed by atoms with Gasteiger partial charge in [-0.15, -0.1) is 0 Å². The summed E-state index contributed by atoms with van der Waals surface area (Å²) in [7, 11) is 0. The minimum absolute atomic E-state index is 0.0623. The summed E-state index contributed by atoms with van der Waals surface area (Å²) in [6.45, 7) is 4.39. The largest absolute Gasteiger partial charge is 0.481 e. The highest BCUT2D eigenvalue weighted by Crippen LogP contribution is 2.37. The molecule has 76 valence electrons. The molecule has 0 aliphatic heterocycles. The molecule has 1 aliphatic carbocycles. The molecule has 0 aromatic rings. The van der Waals surface area contributed by atoms with Crippen molar-refractivity contribution in [2.75, 3.05) is 0 Å². The van der Waals surface area contributed by atoms with Gasteiger partial charge in [-0.05, 0) is 31.1 Å². The third-order valence-corrected chi connectivity index (χ3v) is 3.54. The van der Waals surface area contributed by atoms with Crippen molar-refractivity contribution in [3.05, 3.63) is 0 Å². The monoisotopic (exact) mass is 184 g/mol. The summed E-state index contributed by atoms with van der Waals surface area (Å²) < 4.78 is 0. The Morgan fingerprint density at radius 1 is 1.23 bits per heavy atom. The molecule has 0 bridgehead atoms. The Bertz CT molecular complexity index is 177. The van der Waals surface area contributed by atoms with E-state index < -0.39 is 5.97 Å². The fraction of sp³-hybridized carbons (Fsp3) is 0.909. The lowest BCUT2D eigenvalue weighted by atomic mass is 9.72. The fourth-order valence-electron chi connectivity index (χ4n) is 2.59. The van der Waals surface area contributed by atoms with E-state index in [1.807, 2.05) is 0 Å². The molecule has 0 aromatic heterocycles. The Morgan fingerprint density at radius 3 is 2.31 bits per heavy atom. The second-order valence-corrected chi connectivity index (χ2v) is 4.18. The lowest BCUT2D eigenvalue weighted by Crippen LogP contribution is -2.28. The number of rotatable bonds is 3. The van der Waals surface area contributed by atoms with Crippen molar-refractivity contribution in [3.8, 4) is 0 Å². The number of carbonyl (C=O) groups is 1. The Labute approximate surface area is 80.3 Å². The van der Waals surface area contributed by atoms with Gasteiger partial charge in [0.1, 0.15) is 0 Å². The number of carboxylic acid groups (broad SMARTS) is 1. The smallest absolute Gasteiger partial charge is 0.306 e. The van der Waals surface area contributed by atoms with Gasteiger partial charge in [0.05, 0.1) is 5.92 Å². The molecule has 0 unspecified atom stereocenters. The molecule has 1 saturated carbocycles. The minimum Gasteiger partial charge on any atom is -0.481 e. The zero-order valence-corrected chi connectivity index (χ0v) is 8.62. The highest BCUT2D eigenvalue weighted by atomic mass is 16.4. The third-order valence-electron chi connectivity index (χ3n) is 3.54. The lowest BCUT2D eigenvalue weighted by Gasteiger charge is -2.33. The van der Waals surface area contributed by atoms with Crippen molar-refractivity contribution >= 4 is 5.97 Å². The first kappa shape index (κ1) is 10.6. The molecule has 2 heteroatoms. The van der Waals surface area contributed by atoms with E-state index in [1.165, 1.54) is 6.42 Å². The number of carboxylic acids is 1. The minimum atomic E-state index is -0.590. The van der Waals surface area contributed by atoms with Gasteiger partial charge in [0.15, 0.2) is 0 Å². The number of hydrogen-bond donors (Lipinski definition) is 1. The van der Waals surface area contributed by atoms with Crippen LogP contribution in [0.5, 0.6) is 0 Å². The quantitative estimate of drug-likeness (QED) is 0.732. The van der Waals surface area contributed by atoms with Gasteiger partial charge in [-0.2, -0.15) is 0 Å². The van der Waals surface area contributed by atoms with Gasteiger partial charge in [0, 0.05) is 0 Å². The first-order chi connectivity index (χ1) is 6.19. The highest BCUT2D eigenvalue weighted by Gasteiger charge is 2.31. The molecule has 0 amide bonds. The van der Waals surface area contributed by atoms with E-state index in [1.54, 1.807) is 0 Å². The first-order valence-electron chi connectivity index (χ1n) is 5.41. The molecule has 1 rings (SSSR count). The summed E-state index contributed by atoms with van der Waals surface area (Å²) in [4.78, 5) is 10.8. The van der Waals surface area contributed by atoms with Crippen LogP contribution in [0.3, 0.4) is 0 Å². The van der Waals surface area contributed by atoms with Crippen LogP contribution in [-0.4, -0.2) is 11.1 Å². The topological polar surface area (TPSA) is 37.3 Å². The molecule has 0 heterocycles. The van der Waals surface area contributed by atoms with E-state index in [-0.39, 0.29) is 5.92 Å². The van der Waals surface area contributed by atoms with Crippen LogP contribution in [0.25, 0.3) is 0 Å². The van der Waals surface area contributed by atoms with Crippen molar-refractivity contribution in [1.29, 1.82) is 0 Å². The molecular weight excluding hydrogens is 164 g/mol. The van der Waals surface area contributed by atoms with E-state index >= 15 is 0 Å². The van der Waals surface area contributed by atoms with Gasteiger partial charge in [-0.3, -0.25) is 4.79 Å². The molecule has 1 aliphatic rings. The molecule has 0 radical (unpaired) electrons. The summed E-state index contributed by atoms with van der Waals surface area (Å²) in [5.74, 6) is 0.779. The van der Waals surface area contributed by atoms with Gasteiger partial charge < -0.3 is 5.11 Å². The molecule has 2 nitrogen and oxygen atoms in total. The van der Waals surface area contributed by atoms with Gasteiger partial charge >= 0.3 is 5.97 Å². The maximum Gasteiger partial charge on any atom is 0.306 e. The molecule has 0 spiro atoms. The van der Waals surface area contributed by atoms with Gasteiger partial charge in [0.25, 0.3) is 0 Å². The molecule has 3 atom stereocenters. The summed E-state index contributed by atoms with van der Waals surface area (Å²) in [6, 6.07) is 0.